The monoisotopic (exact) mass is 221 g/mol. The molecule has 0 aliphatic heterocycles. The highest BCUT2D eigenvalue weighted by Gasteiger charge is 2.00. The van der Waals surface area contributed by atoms with E-state index in [9.17, 15) is 4.79 Å². The summed E-state index contributed by atoms with van der Waals surface area (Å²) >= 11 is 0. The van der Waals surface area contributed by atoms with Crippen LogP contribution in [0.15, 0.2) is 30.3 Å². The number of benzene rings is 1. The van der Waals surface area contributed by atoms with Gasteiger partial charge in [0.2, 0.25) is 0 Å². The van der Waals surface area contributed by atoms with E-state index in [-0.39, 0.29) is 5.97 Å². The second kappa shape index (κ2) is 7.88. The number of hydrogen-bond acceptors (Lipinski definition) is 3. The molecule has 0 saturated carbocycles. The van der Waals surface area contributed by atoms with E-state index in [2.05, 4.69) is 17.4 Å². The van der Waals surface area contributed by atoms with Crippen LogP contribution in [0.25, 0.3) is 0 Å². The molecule has 0 spiro atoms. The maximum absolute atomic E-state index is 11.2. The van der Waals surface area contributed by atoms with E-state index >= 15 is 0 Å². The third-order valence-electron chi connectivity index (χ3n) is 2.15. The van der Waals surface area contributed by atoms with E-state index < -0.39 is 0 Å². The number of carbonyl (C=O) groups is 1. The van der Waals surface area contributed by atoms with Crippen molar-refractivity contribution < 1.29 is 9.53 Å². The van der Waals surface area contributed by atoms with E-state index in [0.717, 1.165) is 13.0 Å². The van der Waals surface area contributed by atoms with Crippen molar-refractivity contribution in [3.63, 3.8) is 0 Å². The van der Waals surface area contributed by atoms with Crippen LogP contribution in [0, 0.1) is 0 Å². The van der Waals surface area contributed by atoms with Crippen molar-refractivity contribution in [1.29, 1.82) is 0 Å². The minimum absolute atomic E-state index is 0.123. The highest BCUT2D eigenvalue weighted by molar-refractivity contribution is 5.69. The largest absolute Gasteiger partial charge is 0.466 e. The molecule has 0 bridgehead atoms. The maximum atomic E-state index is 11.2. The zero-order valence-electron chi connectivity index (χ0n) is 9.74. The van der Waals surface area contributed by atoms with Crippen LogP contribution in [0.4, 0.5) is 0 Å². The maximum Gasteiger partial charge on any atom is 0.307 e. The van der Waals surface area contributed by atoms with Crippen molar-refractivity contribution in [3.05, 3.63) is 35.9 Å². The molecule has 0 radical (unpaired) electrons. The van der Waals surface area contributed by atoms with Gasteiger partial charge in [-0.2, -0.15) is 0 Å². The molecular formula is C13H19NO2. The van der Waals surface area contributed by atoms with Crippen molar-refractivity contribution in [1.82, 2.24) is 5.32 Å². The van der Waals surface area contributed by atoms with Crippen molar-refractivity contribution >= 4 is 5.97 Å². The lowest BCUT2D eigenvalue weighted by Crippen LogP contribution is -2.19. The molecule has 1 aromatic carbocycles. The topological polar surface area (TPSA) is 38.3 Å². The predicted octanol–water partition coefficient (Wildman–Crippen LogP) is 2.12. The first-order valence-electron chi connectivity index (χ1n) is 5.73. The van der Waals surface area contributed by atoms with Gasteiger partial charge in [0, 0.05) is 13.1 Å². The van der Waals surface area contributed by atoms with Gasteiger partial charge in [0.15, 0.2) is 0 Å². The van der Waals surface area contributed by atoms with Gasteiger partial charge in [-0.3, -0.25) is 4.79 Å². The van der Waals surface area contributed by atoms with Crippen LogP contribution in [0.3, 0.4) is 0 Å². The lowest BCUT2D eigenvalue weighted by Gasteiger charge is -2.05. The highest BCUT2D eigenvalue weighted by atomic mass is 16.5. The van der Waals surface area contributed by atoms with E-state index in [4.69, 9.17) is 4.74 Å². The second-order valence-electron chi connectivity index (χ2n) is 3.63. The van der Waals surface area contributed by atoms with Crippen LogP contribution in [0.2, 0.25) is 0 Å². The zero-order valence-corrected chi connectivity index (χ0v) is 9.74. The fraction of sp³-hybridized carbons (Fsp3) is 0.462. The van der Waals surface area contributed by atoms with E-state index in [0.29, 0.717) is 19.6 Å². The Labute approximate surface area is 96.8 Å². The molecule has 1 aromatic rings. The number of carbonyl (C=O) groups excluding carboxylic acids is 1. The first kappa shape index (κ1) is 12.7. The molecule has 3 nitrogen and oxygen atoms in total. The molecule has 0 aliphatic carbocycles. The van der Waals surface area contributed by atoms with Crippen LogP contribution in [0.1, 0.15) is 25.3 Å². The molecule has 0 aliphatic rings. The summed E-state index contributed by atoms with van der Waals surface area (Å²) in [7, 11) is 0. The Morgan fingerprint density at radius 2 is 2.06 bits per heavy atom. The molecule has 0 unspecified atom stereocenters. The number of esters is 1. The van der Waals surface area contributed by atoms with Gasteiger partial charge >= 0.3 is 5.97 Å². The van der Waals surface area contributed by atoms with E-state index in [1.807, 2.05) is 25.1 Å². The minimum Gasteiger partial charge on any atom is -0.466 e. The van der Waals surface area contributed by atoms with Crippen LogP contribution in [0.5, 0.6) is 0 Å². The van der Waals surface area contributed by atoms with Gasteiger partial charge in [-0.25, -0.2) is 0 Å². The minimum atomic E-state index is -0.123. The Balaban J connectivity index is 2.06. The Bertz CT molecular complexity index is 298. The molecule has 1 rings (SSSR count). The van der Waals surface area contributed by atoms with E-state index in [1.165, 1.54) is 5.56 Å². The zero-order chi connectivity index (χ0) is 11.6. The lowest BCUT2D eigenvalue weighted by atomic mass is 10.2. The third kappa shape index (κ3) is 5.51. The number of nitrogens with one attached hydrogen (secondary N) is 1. The Kier molecular flexibility index (Phi) is 6.26. The number of hydrogen-bond donors (Lipinski definition) is 1. The molecule has 0 saturated heterocycles. The summed E-state index contributed by atoms with van der Waals surface area (Å²) < 4.78 is 4.96. The predicted molar refractivity (Wildman–Crippen MR) is 64.0 cm³/mol. The second-order valence-corrected chi connectivity index (χ2v) is 3.63. The van der Waals surface area contributed by atoms with Gasteiger partial charge < -0.3 is 10.1 Å². The Morgan fingerprint density at radius 3 is 2.75 bits per heavy atom. The van der Waals surface area contributed by atoms with Gasteiger partial charge in [-0.15, -0.1) is 0 Å². The Hall–Kier alpha value is -1.35. The van der Waals surface area contributed by atoms with Crippen LogP contribution in [-0.2, 0) is 16.1 Å². The average molecular weight is 221 g/mol. The first-order valence-corrected chi connectivity index (χ1v) is 5.73. The van der Waals surface area contributed by atoms with Crippen LogP contribution >= 0.6 is 0 Å². The third-order valence-corrected chi connectivity index (χ3v) is 2.15. The van der Waals surface area contributed by atoms with Gasteiger partial charge in [0.1, 0.15) is 0 Å². The summed E-state index contributed by atoms with van der Waals surface area (Å²) in [4.78, 5) is 11.2. The molecule has 88 valence electrons. The van der Waals surface area contributed by atoms with Crippen molar-refractivity contribution in [2.75, 3.05) is 13.2 Å². The van der Waals surface area contributed by atoms with Crippen molar-refractivity contribution in [2.45, 2.75) is 26.3 Å². The van der Waals surface area contributed by atoms with E-state index in [1.54, 1.807) is 0 Å². The van der Waals surface area contributed by atoms with Gasteiger partial charge in [0.05, 0.1) is 13.0 Å². The molecular weight excluding hydrogens is 202 g/mol. The molecule has 0 heterocycles. The fourth-order valence-corrected chi connectivity index (χ4v) is 1.31. The number of ether oxygens (including phenoxy) is 1. The molecule has 1 N–H and O–H groups in total. The standard InChI is InChI=1S/C13H19NO2/c1-2-10-16-13(15)8-9-14-11-12-6-4-3-5-7-12/h3-7,14H,2,8-11H2,1H3. The molecule has 3 heteroatoms. The summed E-state index contributed by atoms with van der Waals surface area (Å²) in [5, 5.41) is 3.21. The average Bonchev–Trinajstić information content (AvgIpc) is 2.33. The molecule has 0 atom stereocenters. The summed E-state index contributed by atoms with van der Waals surface area (Å²) in [6.45, 7) is 3.97. The molecule has 16 heavy (non-hydrogen) atoms. The number of rotatable bonds is 7. The normalized spacial score (nSPS) is 10.1. The van der Waals surface area contributed by atoms with Gasteiger partial charge in [0.25, 0.3) is 0 Å². The Morgan fingerprint density at radius 1 is 1.31 bits per heavy atom. The summed E-state index contributed by atoms with van der Waals surface area (Å²) in [5.74, 6) is -0.123. The molecule has 0 amide bonds. The summed E-state index contributed by atoms with van der Waals surface area (Å²) in [6, 6.07) is 10.1. The van der Waals surface area contributed by atoms with Crippen molar-refractivity contribution in [2.24, 2.45) is 0 Å². The summed E-state index contributed by atoms with van der Waals surface area (Å²) in [6.07, 6.45) is 1.32. The molecule has 0 aromatic heterocycles. The van der Waals surface area contributed by atoms with Crippen molar-refractivity contribution in [3.8, 4) is 0 Å². The van der Waals surface area contributed by atoms with Gasteiger partial charge in [-0.05, 0) is 12.0 Å². The smallest absolute Gasteiger partial charge is 0.307 e. The first-order chi connectivity index (χ1) is 7.83. The van der Waals surface area contributed by atoms with Crippen LogP contribution < -0.4 is 5.32 Å². The molecule has 0 fully saturated rings. The SMILES string of the molecule is CCCOC(=O)CCNCc1ccccc1. The quantitative estimate of drug-likeness (QED) is 0.566. The lowest BCUT2D eigenvalue weighted by molar-refractivity contribution is -0.143. The van der Waals surface area contributed by atoms with Crippen LogP contribution in [-0.4, -0.2) is 19.1 Å². The van der Waals surface area contributed by atoms with Gasteiger partial charge in [-0.1, -0.05) is 37.3 Å². The summed E-state index contributed by atoms with van der Waals surface area (Å²) in [5.41, 5.74) is 1.23. The fourth-order valence-electron chi connectivity index (χ4n) is 1.31. The highest BCUT2D eigenvalue weighted by Crippen LogP contribution is 1.97.